The molecule has 0 aliphatic heterocycles. The molecule has 0 saturated heterocycles. The number of carbonyl (C=O) groups excluding carboxylic acids is 1. The summed E-state index contributed by atoms with van der Waals surface area (Å²) in [4.78, 5) is 14.3. The standard InChI is InChI=1S/C14H28N4O2/c1-8-18(10(4)13(15)16-6)14(19)12(9(2)3)17-11(5)20-7/h9-10,12,17H,5,8H2,1-4,6-7H3,(H2,15,16)/t10?,12-/m0/s1. The molecule has 2 atom stereocenters. The van der Waals surface area contributed by atoms with E-state index >= 15 is 0 Å². The first-order valence-electron chi connectivity index (χ1n) is 6.86. The van der Waals surface area contributed by atoms with Crippen LogP contribution >= 0.6 is 0 Å². The molecule has 0 spiro atoms. The molecule has 0 rings (SSSR count). The Labute approximate surface area is 122 Å². The lowest BCUT2D eigenvalue weighted by Gasteiger charge is -2.33. The zero-order valence-electron chi connectivity index (χ0n) is 13.4. The number of amidine groups is 1. The Hall–Kier alpha value is -1.72. The monoisotopic (exact) mass is 284 g/mol. The van der Waals surface area contributed by atoms with Gasteiger partial charge in [0.05, 0.1) is 13.2 Å². The van der Waals surface area contributed by atoms with Crippen LogP contribution in [-0.4, -0.2) is 49.4 Å². The third-order valence-electron chi connectivity index (χ3n) is 3.27. The molecule has 6 nitrogen and oxygen atoms in total. The van der Waals surface area contributed by atoms with E-state index in [-0.39, 0.29) is 17.9 Å². The van der Waals surface area contributed by atoms with Crippen molar-refractivity contribution >= 4 is 11.7 Å². The number of hydrogen-bond donors (Lipinski definition) is 3. The van der Waals surface area contributed by atoms with Crippen LogP contribution in [-0.2, 0) is 9.53 Å². The summed E-state index contributed by atoms with van der Waals surface area (Å²) in [6.45, 7) is 11.9. The van der Waals surface area contributed by atoms with Gasteiger partial charge in [-0.1, -0.05) is 13.8 Å². The van der Waals surface area contributed by atoms with E-state index in [1.54, 1.807) is 11.9 Å². The summed E-state index contributed by atoms with van der Waals surface area (Å²) < 4.78 is 4.99. The number of carbonyl (C=O) groups is 1. The fourth-order valence-electron chi connectivity index (χ4n) is 1.91. The maximum absolute atomic E-state index is 12.7. The van der Waals surface area contributed by atoms with Crippen molar-refractivity contribution in [3.8, 4) is 0 Å². The average Bonchev–Trinajstić information content (AvgIpc) is 2.43. The van der Waals surface area contributed by atoms with Gasteiger partial charge in [0.15, 0.2) is 5.88 Å². The third-order valence-corrected chi connectivity index (χ3v) is 3.27. The van der Waals surface area contributed by atoms with Crippen LogP contribution in [0.15, 0.2) is 12.5 Å². The number of nitrogens with one attached hydrogen (secondary N) is 3. The Morgan fingerprint density at radius 1 is 1.40 bits per heavy atom. The summed E-state index contributed by atoms with van der Waals surface area (Å²) in [5.74, 6) is 0.699. The van der Waals surface area contributed by atoms with Crippen molar-refractivity contribution in [1.82, 2.24) is 15.5 Å². The summed E-state index contributed by atoms with van der Waals surface area (Å²) in [5.41, 5.74) is 0. The number of ether oxygens (including phenoxy) is 1. The normalized spacial score (nSPS) is 13.3. The topological polar surface area (TPSA) is 77.5 Å². The summed E-state index contributed by atoms with van der Waals surface area (Å²) >= 11 is 0. The Morgan fingerprint density at radius 2 is 1.95 bits per heavy atom. The molecular weight excluding hydrogens is 256 g/mol. The molecular formula is C14H28N4O2. The predicted molar refractivity (Wildman–Crippen MR) is 81.5 cm³/mol. The van der Waals surface area contributed by atoms with Crippen LogP contribution in [0.4, 0.5) is 0 Å². The summed E-state index contributed by atoms with van der Waals surface area (Å²) in [5, 5.41) is 13.6. The lowest BCUT2D eigenvalue weighted by molar-refractivity contribution is -0.135. The van der Waals surface area contributed by atoms with E-state index in [0.29, 0.717) is 18.3 Å². The van der Waals surface area contributed by atoms with Crippen LogP contribution in [0.2, 0.25) is 0 Å². The van der Waals surface area contributed by atoms with Gasteiger partial charge in [0.1, 0.15) is 11.9 Å². The van der Waals surface area contributed by atoms with Gasteiger partial charge >= 0.3 is 0 Å². The van der Waals surface area contributed by atoms with Gasteiger partial charge in [-0.05, 0) is 26.3 Å². The van der Waals surface area contributed by atoms with Crippen molar-refractivity contribution in [2.24, 2.45) is 5.92 Å². The third kappa shape index (κ3) is 4.75. The smallest absolute Gasteiger partial charge is 0.246 e. The van der Waals surface area contributed by atoms with Gasteiger partial charge in [-0.25, -0.2) is 0 Å². The van der Waals surface area contributed by atoms with E-state index in [2.05, 4.69) is 17.2 Å². The van der Waals surface area contributed by atoms with Crippen LogP contribution in [0.5, 0.6) is 0 Å². The minimum absolute atomic E-state index is 0.0619. The average molecular weight is 284 g/mol. The highest BCUT2D eigenvalue weighted by molar-refractivity contribution is 5.91. The molecule has 0 fully saturated rings. The maximum atomic E-state index is 12.7. The Balaban J connectivity index is 5.10. The number of nitrogens with zero attached hydrogens (tertiary/aromatic N) is 1. The Bertz CT molecular complexity index is 351. The van der Waals surface area contributed by atoms with Gasteiger partial charge in [-0.2, -0.15) is 0 Å². The predicted octanol–water partition coefficient (Wildman–Crippen LogP) is 1.15. The molecule has 0 aliphatic carbocycles. The first kappa shape index (κ1) is 18.3. The molecule has 6 heteroatoms. The lowest BCUT2D eigenvalue weighted by Crippen LogP contribution is -2.54. The molecule has 0 radical (unpaired) electrons. The highest BCUT2D eigenvalue weighted by Crippen LogP contribution is 2.11. The molecule has 116 valence electrons. The van der Waals surface area contributed by atoms with E-state index < -0.39 is 6.04 Å². The lowest BCUT2D eigenvalue weighted by atomic mass is 10.0. The highest BCUT2D eigenvalue weighted by atomic mass is 16.5. The fourth-order valence-corrected chi connectivity index (χ4v) is 1.91. The van der Waals surface area contributed by atoms with Crippen molar-refractivity contribution < 1.29 is 9.53 Å². The van der Waals surface area contributed by atoms with E-state index in [0.717, 1.165) is 0 Å². The van der Waals surface area contributed by atoms with Crippen LogP contribution in [0.25, 0.3) is 0 Å². The van der Waals surface area contributed by atoms with E-state index in [1.165, 1.54) is 7.11 Å². The van der Waals surface area contributed by atoms with Gasteiger partial charge in [0.25, 0.3) is 0 Å². The Morgan fingerprint density at radius 3 is 2.30 bits per heavy atom. The quantitative estimate of drug-likeness (QED) is 0.355. The summed E-state index contributed by atoms with van der Waals surface area (Å²) in [7, 11) is 3.19. The second-order valence-electron chi connectivity index (χ2n) is 4.96. The molecule has 0 aliphatic rings. The number of rotatable bonds is 8. The molecule has 20 heavy (non-hydrogen) atoms. The SMILES string of the molecule is C=C(N[C@H](C(=O)N(CC)C(C)C(=N)NC)C(C)C)OC. The zero-order chi connectivity index (χ0) is 15.9. The van der Waals surface area contributed by atoms with Crippen molar-refractivity contribution in [2.45, 2.75) is 39.8 Å². The highest BCUT2D eigenvalue weighted by Gasteiger charge is 2.30. The van der Waals surface area contributed by atoms with Gasteiger partial charge < -0.3 is 20.3 Å². The molecule has 0 heterocycles. The van der Waals surface area contributed by atoms with Crippen molar-refractivity contribution in [3.63, 3.8) is 0 Å². The van der Waals surface area contributed by atoms with E-state index in [1.807, 2.05) is 27.7 Å². The maximum Gasteiger partial charge on any atom is 0.246 e. The second-order valence-corrected chi connectivity index (χ2v) is 4.96. The van der Waals surface area contributed by atoms with Crippen molar-refractivity contribution in [1.29, 1.82) is 5.41 Å². The van der Waals surface area contributed by atoms with Crippen LogP contribution < -0.4 is 10.6 Å². The Kier molecular flexibility index (Phi) is 7.72. The number of methoxy groups -OCH3 is 1. The number of amides is 1. The summed E-state index contributed by atoms with van der Waals surface area (Å²) in [6, 6.07) is -0.717. The minimum atomic E-state index is -0.422. The molecule has 0 aromatic rings. The van der Waals surface area contributed by atoms with Crippen molar-refractivity contribution in [3.05, 3.63) is 12.5 Å². The molecule has 0 bridgehead atoms. The second kappa shape index (κ2) is 8.45. The fraction of sp³-hybridized carbons (Fsp3) is 0.714. The van der Waals surface area contributed by atoms with Gasteiger partial charge in [0.2, 0.25) is 5.91 Å². The molecule has 3 N–H and O–H groups in total. The molecule has 0 saturated carbocycles. The molecule has 1 amide bonds. The molecule has 0 aromatic carbocycles. The van der Waals surface area contributed by atoms with Crippen LogP contribution in [0.1, 0.15) is 27.7 Å². The molecule has 0 aromatic heterocycles. The van der Waals surface area contributed by atoms with E-state index in [4.69, 9.17) is 10.1 Å². The minimum Gasteiger partial charge on any atom is -0.483 e. The first-order valence-corrected chi connectivity index (χ1v) is 6.86. The van der Waals surface area contributed by atoms with E-state index in [9.17, 15) is 4.79 Å². The van der Waals surface area contributed by atoms with Gasteiger partial charge in [0, 0.05) is 13.6 Å². The van der Waals surface area contributed by atoms with Crippen LogP contribution in [0, 0.1) is 11.3 Å². The number of hydrogen-bond acceptors (Lipinski definition) is 4. The van der Waals surface area contributed by atoms with Gasteiger partial charge in [-0.3, -0.25) is 10.2 Å². The van der Waals surface area contributed by atoms with Crippen molar-refractivity contribution in [2.75, 3.05) is 20.7 Å². The van der Waals surface area contributed by atoms with Gasteiger partial charge in [-0.15, -0.1) is 0 Å². The zero-order valence-corrected chi connectivity index (χ0v) is 13.4. The molecule has 1 unspecified atom stereocenters. The first-order chi connectivity index (χ1) is 9.29. The number of likely N-dealkylation sites (N-methyl/N-ethyl adjacent to an activating group) is 2. The largest absolute Gasteiger partial charge is 0.483 e. The van der Waals surface area contributed by atoms with Crippen LogP contribution in [0.3, 0.4) is 0 Å². The summed E-state index contributed by atoms with van der Waals surface area (Å²) in [6.07, 6.45) is 0.